The molecule has 4 rings (SSSR count). The number of ether oxygens (including phenoxy) is 4. The fourth-order valence-corrected chi connectivity index (χ4v) is 5.44. The maximum atomic E-state index is 13.4. The highest BCUT2D eigenvalue weighted by atomic mass is 32.2. The minimum absolute atomic E-state index is 0.205. The standard InChI is InChI=1S/C20H23NO6S/c1-24-14-5-7-16(19(12-14)25-2)17-4-3-9-21(17)28(22,23)15-6-8-18-20(13-15)27-11-10-26-18/h5-8,12-13,17H,3-4,9-11H2,1-2H3. The first kappa shape index (κ1) is 18.9. The minimum atomic E-state index is -3.70. The summed E-state index contributed by atoms with van der Waals surface area (Å²) < 4.78 is 50.1. The largest absolute Gasteiger partial charge is 0.497 e. The summed E-state index contributed by atoms with van der Waals surface area (Å²) in [7, 11) is -0.537. The molecule has 0 radical (unpaired) electrons. The molecule has 0 amide bonds. The van der Waals surface area contributed by atoms with Gasteiger partial charge in [0.25, 0.3) is 0 Å². The van der Waals surface area contributed by atoms with E-state index >= 15 is 0 Å². The van der Waals surface area contributed by atoms with Gasteiger partial charge in [-0.1, -0.05) is 6.07 Å². The second-order valence-corrected chi connectivity index (χ2v) is 8.58. The quantitative estimate of drug-likeness (QED) is 0.761. The average molecular weight is 405 g/mol. The van der Waals surface area contributed by atoms with Crippen molar-refractivity contribution in [1.82, 2.24) is 4.31 Å². The van der Waals surface area contributed by atoms with Crippen LogP contribution in [0.3, 0.4) is 0 Å². The molecular weight excluding hydrogens is 382 g/mol. The van der Waals surface area contributed by atoms with E-state index in [9.17, 15) is 8.42 Å². The lowest BCUT2D eigenvalue weighted by Crippen LogP contribution is -2.31. The molecule has 1 fully saturated rings. The van der Waals surface area contributed by atoms with Gasteiger partial charge < -0.3 is 18.9 Å². The van der Waals surface area contributed by atoms with E-state index in [1.165, 1.54) is 0 Å². The highest BCUT2D eigenvalue weighted by Crippen LogP contribution is 2.42. The summed E-state index contributed by atoms with van der Waals surface area (Å²) >= 11 is 0. The van der Waals surface area contributed by atoms with Crippen LogP contribution in [0.15, 0.2) is 41.3 Å². The van der Waals surface area contributed by atoms with Gasteiger partial charge in [-0.15, -0.1) is 0 Å². The summed E-state index contributed by atoms with van der Waals surface area (Å²) in [6.07, 6.45) is 1.51. The monoisotopic (exact) mass is 405 g/mol. The van der Waals surface area contributed by atoms with Crippen LogP contribution in [0.25, 0.3) is 0 Å². The van der Waals surface area contributed by atoms with Crippen LogP contribution in [0.2, 0.25) is 0 Å². The zero-order chi connectivity index (χ0) is 19.7. The Morgan fingerprint density at radius 1 is 1.00 bits per heavy atom. The van der Waals surface area contributed by atoms with Crippen LogP contribution in [-0.4, -0.2) is 46.7 Å². The molecule has 2 aromatic carbocycles. The van der Waals surface area contributed by atoms with Gasteiger partial charge in [0.1, 0.15) is 24.7 Å². The first-order valence-corrected chi connectivity index (χ1v) is 10.6. The zero-order valence-electron chi connectivity index (χ0n) is 15.9. The second-order valence-electron chi connectivity index (χ2n) is 6.69. The highest BCUT2D eigenvalue weighted by molar-refractivity contribution is 7.89. The molecule has 0 spiro atoms. The summed E-state index contributed by atoms with van der Waals surface area (Å²) in [6, 6.07) is 9.96. The maximum Gasteiger partial charge on any atom is 0.243 e. The molecule has 1 saturated heterocycles. The fraction of sp³-hybridized carbons (Fsp3) is 0.400. The molecule has 2 aromatic rings. The Balaban J connectivity index is 1.70. The number of hydrogen-bond donors (Lipinski definition) is 0. The van der Waals surface area contributed by atoms with Crippen molar-refractivity contribution in [2.75, 3.05) is 34.0 Å². The molecule has 8 heteroatoms. The zero-order valence-corrected chi connectivity index (χ0v) is 16.7. The van der Waals surface area contributed by atoms with Crippen LogP contribution in [0.4, 0.5) is 0 Å². The van der Waals surface area contributed by atoms with E-state index in [0.29, 0.717) is 42.8 Å². The van der Waals surface area contributed by atoms with Crippen LogP contribution >= 0.6 is 0 Å². The number of hydrogen-bond acceptors (Lipinski definition) is 6. The number of nitrogens with zero attached hydrogens (tertiary/aromatic N) is 1. The highest BCUT2D eigenvalue weighted by Gasteiger charge is 2.38. The van der Waals surface area contributed by atoms with Gasteiger partial charge in [0, 0.05) is 24.2 Å². The van der Waals surface area contributed by atoms with Gasteiger partial charge in [-0.05, 0) is 31.0 Å². The first-order valence-electron chi connectivity index (χ1n) is 9.18. The second kappa shape index (κ2) is 7.52. The molecule has 150 valence electrons. The normalized spacial score (nSPS) is 19.4. The van der Waals surface area contributed by atoms with E-state index in [-0.39, 0.29) is 10.9 Å². The third-order valence-corrected chi connectivity index (χ3v) is 7.03. The van der Waals surface area contributed by atoms with Crippen molar-refractivity contribution in [3.63, 3.8) is 0 Å². The predicted molar refractivity (Wildman–Crippen MR) is 103 cm³/mol. The fourth-order valence-electron chi connectivity index (χ4n) is 3.75. The van der Waals surface area contributed by atoms with Crippen molar-refractivity contribution in [2.24, 2.45) is 0 Å². The third-order valence-electron chi connectivity index (χ3n) is 5.12. The topological polar surface area (TPSA) is 74.3 Å². The molecular formula is C20H23NO6S. The third kappa shape index (κ3) is 3.27. The van der Waals surface area contributed by atoms with E-state index in [1.54, 1.807) is 42.8 Å². The summed E-state index contributed by atoms with van der Waals surface area (Å²) in [6.45, 7) is 1.33. The smallest absolute Gasteiger partial charge is 0.243 e. The van der Waals surface area contributed by atoms with Crippen LogP contribution in [0, 0.1) is 0 Å². The van der Waals surface area contributed by atoms with E-state index < -0.39 is 10.0 Å². The Bertz CT molecular complexity index is 975. The first-order chi connectivity index (χ1) is 13.5. The lowest BCUT2D eigenvalue weighted by molar-refractivity contribution is 0.171. The maximum absolute atomic E-state index is 13.4. The van der Waals surface area contributed by atoms with Gasteiger partial charge >= 0.3 is 0 Å². The molecule has 2 heterocycles. The molecule has 0 N–H and O–H groups in total. The van der Waals surface area contributed by atoms with Crippen molar-refractivity contribution < 1.29 is 27.4 Å². The Labute approximate surface area is 164 Å². The van der Waals surface area contributed by atoms with Crippen molar-refractivity contribution >= 4 is 10.0 Å². The number of methoxy groups -OCH3 is 2. The van der Waals surface area contributed by atoms with E-state index in [1.807, 2.05) is 12.1 Å². The predicted octanol–water partition coefficient (Wildman–Crippen LogP) is 3.00. The van der Waals surface area contributed by atoms with Crippen molar-refractivity contribution in [3.05, 3.63) is 42.0 Å². The Hall–Kier alpha value is -2.45. The summed E-state index contributed by atoms with van der Waals surface area (Å²) in [5.74, 6) is 2.32. The molecule has 2 aliphatic rings. The summed E-state index contributed by atoms with van der Waals surface area (Å²) in [5, 5.41) is 0. The molecule has 1 atom stereocenters. The van der Waals surface area contributed by atoms with Crippen LogP contribution in [0.1, 0.15) is 24.4 Å². The van der Waals surface area contributed by atoms with Crippen LogP contribution < -0.4 is 18.9 Å². The molecule has 2 aliphatic heterocycles. The molecule has 0 aromatic heterocycles. The van der Waals surface area contributed by atoms with E-state index in [0.717, 1.165) is 18.4 Å². The average Bonchev–Trinajstić information content (AvgIpc) is 3.23. The molecule has 28 heavy (non-hydrogen) atoms. The van der Waals surface area contributed by atoms with Gasteiger partial charge in [-0.2, -0.15) is 4.31 Å². The Morgan fingerprint density at radius 2 is 1.79 bits per heavy atom. The van der Waals surface area contributed by atoms with Gasteiger partial charge in [0.2, 0.25) is 10.0 Å². The number of benzene rings is 2. The van der Waals surface area contributed by atoms with Crippen molar-refractivity contribution in [1.29, 1.82) is 0 Å². The van der Waals surface area contributed by atoms with Gasteiger partial charge in [-0.3, -0.25) is 0 Å². The van der Waals surface area contributed by atoms with Crippen LogP contribution in [0.5, 0.6) is 23.0 Å². The summed E-state index contributed by atoms with van der Waals surface area (Å²) in [5.41, 5.74) is 0.835. The lowest BCUT2D eigenvalue weighted by atomic mass is 10.0. The van der Waals surface area contributed by atoms with Crippen LogP contribution in [-0.2, 0) is 10.0 Å². The Morgan fingerprint density at radius 3 is 2.54 bits per heavy atom. The van der Waals surface area contributed by atoms with E-state index in [4.69, 9.17) is 18.9 Å². The molecule has 0 aliphatic carbocycles. The van der Waals surface area contributed by atoms with Gasteiger partial charge in [0.15, 0.2) is 11.5 Å². The Kier molecular flexibility index (Phi) is 5.07. The van der Waals surface area contributed by atoms with Crippen molar-refractivity contribution in [3.8, 4) is 23.0 Å². The van der Waals surface area contributed by atoms with Gasteiger partial charge in [-0.25, -0.2) is 8.42 Å². The van der Waals surface area contributed by atoms with Gasteiger partial charge in [0.05, 0.1) is 25.2 Å². The van der Waals surface area contributed by atoms with E-state index in [2.05, 4.69) is 0 Å². The summed E-state index contributed by atoms with van der Waals surface area (Å²) in [4.78, 5) is 0.205. The number of sulfonamides is 1. The SMILES string of the molecule is COc1ccc(C2CCCN2S(=O)(=O)c2ccc3c(c2)OCCO3)c(OC)c1. The van der Waals surface area contributed by atoms with Crippen molar-refractivity contribution in [2.45, 2.75) is 23.8 Å². The number of fused-ring (bicyclic) bond motifs is 1. The molecule has 0 bridgehead atoms. The lowest BCUT2D eigenvalue weighted by Gasteiger charge is -2.26. The molecule has 7 nitrogen and oxygen atoms in total. The molecule has 0 saturated carbocycles. The minimum Gasteiger partial charge on any atom is -0.497 e. The molecule has 1 unspecified atom stereocenters. The number of rotatable bonds is 5.